The maximum atomic E-state index is 12.0. The normalized spacial score (nSPS) is 14.0. The smallest absolute Gasteiger partial charge is 0.253 e. The lowest BCUT2D eigenvalue weighted by Crippen LogP contribution is -2.39. The van der Waals surface area contributed by atoms with E-state index < -0.39 is 0 Å². The molecule has 2 N–H and O–H groups in total. The predicted molar refractivity (Wildman–Crippen MR) is 106 cm³/mol. The first-order valence-corrected chi connectivity index (χ1v) is 7.85. The molecule has 1 aliphatic carbocycles. The van der Waals surface area contributed by atoms with Gasteiger partial charge in [0.1, 0.15) is 0 Å². The molecule has 23 heavy (non-hydrogen) atoms. The van der Waals surface area contributed by atoms with E-state index in [0.717, 1.165) is 42.5 Å². The van der Waals surface area contributed by atoms with Crippen molar-refractivity contribution in [1.29, 1.82) is 0 Å². The summed E-state index contributed by atoms with van der Waals surface area (Å²) in [6, 6.07) is 7.81. The van der Waals surface area contributed by atoms with Crippen LogP contribution in [0.1, 0.15) is 28.8 Å². The number of hydrogen-bond donors (Lipinski definition) is 2. The van der Waals surface area contributed by atoms with Gasteiger partial charge in [-0.1, -0.05) is 12.1 Å². The fourth-order valence-electron chi connectivity index (χ4n) is 2.23. The molecule has 6 heteroatoms. The van der Waals surface area contributed by atoms with E-state index in [1.807, 2.05) is 18.2 Å². The molecule has 1 amide bonds. The monoisotopic (exact) mass is 430 g/mol. The summed E-state index contributed by atoms with van der Waals surface area (Å²) in [6.07, 6.45) is 3.52. The molecule has 0 bridgehead atoms. The summed E-state index contributed by atoms with van der Waals surface area (Å²) in [5, 5.41) is 6.66. The zero-order chi connectivity index (χ0) is 15.9. The van der Waals surface area contributed by atoms with Gasteiger partial charge in [-0.3, -0.25) is 9.79 Å². The van der Waals surface area contributed by atoms with E-state index in [1.54, 1.807) is 26.0 Å². The largest absolute Gasteiger partial charge is 0.356 e. The highest BCUT2D eigenvalue weighted by molar-refractivity contribution is 14.0. The Bertz CT molecular complexity index is 541. The average molecular weight is 430 g/mol. The first kappa shape index (κ1) is 19.7. The van der Waals surface area contributed by atoms with Gasteiger partial charge in [0.25, 0.3) is 5.91 Å². The zero-order valence-electron chi connectivity index (χ0n) is 14.1. The highest BCUT2D eigenvalue weighted by Gasteiger charge is 2.20. The average Bonchev–Trinajstić information content (AvgIpc) is 3.34. The number of rotatable bonds is 6. The van der Waals surface area contributed by atoms with Gasteiger partial charge < -0.3 is 15.5 Å². The van der Waals surface area contributed by atoms with Crippen molar-refractivity contribution in [3.8, 4) is 0 Å². The van der Waals surface area contributed by atoms with E-state index in [-0.39, 0.29) is 29.9 Å². The molecular weight excluding hydrogens is 403 g/mol. The SMILES string of the molecule is CN=C(NCCc1cccc(C(=O)N(C)C)c1)NCC1CC1.I. The summed E-state index contributed by atoms with van der Waals surface area (Å²) in [6.45, 7) is 1.80. The van der Waals surface area contributed by atoms with Crippen LogP contribution in [0.3, 0.4) is 0 Å². The van der Waals surface area contributed by atoms with Crippen molar-refractivity contribution in [2.75, 3.05) is 34.2 Å². The van der Waals surface area contributed by atoms with Crippen molar-refractivity contribution in [3.63, 3.8) is 0 Å². The summed E-state index contributed by atoms with van der Waals surface area (Å²) in [4.78, 5) is 17.8. The number of benzene rings is 1. The fraction of sp³-hybridized carbons (Fsp3) is 0.529. The van der Waals surface area contributed by atoms with Crippen LogP contribution in [-0.2, 0) is 6.42 Å². The second-order valence-corrected chi connectivity index (χ2v) is 5.97. The lowest BCUT2D eigenvalue weighted by molar-refractivity contribution is 0.0827. The van der Waals surface area contributed by atoms with Crippen LogP contribution in [0.5, 0.6) is 0 Å². The Balaban J connectivity index is 0.00000264. The topological polar surface area (TPSA) is 56.7 Å². The molecule has 0 aromatic heterocycles. The van der Waals surface area contributed by atoms with Crippen LogP contribution in [0.25, 0.3) is 0 Å². The molecule has 0 spiro atoms. The minimum Gasteiger partial charge on any atom is -0.356 e. The number of aliphatic imine (C=N–C) groups is 1. The number of amides is 1. The Labute approximate surface area is 156 Å². The van der Waals surface area contributed by atoms with Crippen molar-refractivity contribution >= 4 is 35.8 Å². The van der Waals surface area contributed by atoms with Gasteiger partial charge in [-0.15, -0.1) is 24.0 Å². The van der Waals surface area contributed by atoms with Crippen molar-refractivity contribution in [2.24, 2.45) is 10.9 Å². The van der Waals surface area contributed by atoms with Crippen molar-refractivity contribution < 1.29 is 4.79 Å². The van der Waals surface area contributed by atoms with Crippen LogP contribution in [0.15, 0.2) is 29.3 Å². The van der Waals surface area contributed by atoms with Crippen LogP contribution in [0.2, 0.25) is 0 Å². The van der Waals surface area contributed by atoms with Crippen LogP contribution in [0, 0.1) is 5.92 Å². The minimum absolute atomic E-state index is 0. The van der Waals surface area contributed by atoms with Gasteiger partial charge in [0.05, 0.1) is 0 Å². The number of nitrogens with one attached hydrogen (secondary N) is 2. The molecule has 0 radical (unpaired) electrons. The summed E-state index contributed by atoms with van der Waals surface area (Å²) in [5.74, 6) is 1.72. The number of carbonyl (C=O) groups excluding carboxylic acids is 1. The van der Waals surface area contributed by atoms with Crippen molar-refractivity contribution in [1.82, 2.24) is 15.5 Å². The number of guanidine groups is 1. The highest BCUT2D eigenvalue weighted by atomic mass is 127. The van der Waals surface area contributed by atoms with E-state index in [9.17, 15) is 4.79 Å². The van der Waals surface area contributed by atoms with Gasteiger partial charge in [-0.25, -0.2) is 0 Å². The zero-order valence-corrected chi connectivity index (χ0v) is 16.5. The molecule has 1 aromatic carbocycles. The lowest BCUT2D eigenvalue weighted by atomic mass is 10.1. The Morgan fingerprint density at radius 2 is 2.04 bits per heavy atom. The quantitative estimate of drug-likeness (QED) is 0.413. The van der Waals surface area contributed by atoms with Crippen molar-refractivity contribution in [2.45, 2.75) is 19.3 Å². The second kappa shape index (κ2) is 9.75. The van der Waals surface area contributed by atoms with E-state index in [1.165, 1.54) is 12.8 Å². The number of halogens is 1. The summed E-state index contributed by atoms with van der Waals surface area (Å²) in [5.41, 5.74) is 1.89. The van der Waals surface area contributed by atoms with Crippen LogP contribution in [0.4, 0.5) is 0 Å². The van der Waals surface area contributed by atoms with Gasteiger partial charge >= 0.3 is 0 Å². The Morgan fingerprint density at radius 3 is 2.65 bits per heavy atom. The molecule has 128 valence electrons. The molecule has 2 rings (SSSR count). The molecular formula is C17H27IN4O. The van der Waals surface area contributed by atoms with E-state index in [0.29, 0.717) is 0 Å². The third-order valence-corrected chi connectivity index (χ3v) is 3.76. The van der Waals surface area contributed by atoms with Crippen LogP contribution in [-0.4, -0.2) is 51.0 Å². The summed E-state index contributed by atoms with van der Waals surface area (Å²) in [7, 11) is 5.33. The Morgan fingerprint density at radius 1 is 1.30 bits per heavy atom. The minimum atomic E-state index is 0. The maximum Gasteiger partial charge on any atom is 0.253 e. The Kier molecular flexibility index (Phi) is 8.36. The maximum absolute atomic E-state index is 12.0. The molecule has 0 saturated heterocycles. The fourth-order valence-corrected chi connectivity index (χ4v) is 2.23. The molecule has 0 aliphatic heterocycles. The molecule has 0 atom stereocenters. The molecule has 5 nitrogen and oxygen atoms in total. The highest BCUT2D eigenvalue weighted by Crippen LogP contribution is 2.27. The van der Waals surface area contributed by atoms with E-state index >= 15 is 0 Å². The summed E-state index contributed by atoms with van der Waals surface area (Å²) < 4.78 is 0. The number of carbonyl (C=O) groups is 1. The summed E-state index contributed by atoms with van der Waals surface area (Å²) >= 11 is 0. The molecule has 1 aromatic rings. The van der Waals surface area contributed by atoms with E-state index in [4.69, 9.17) is 0 Å². The molecule has 1 fully saturated rings. The molecule has 1 saturated carbocycles. The van der Waals surface area contributed by atoms with Crippen molar-refractivity contribution in [3.05, 3.63) is 35.4 Å². The van der Waals surface area contributed by atoms with Gasteiger partial charge in [0.2, 0.25) is 0 Å². The van der Waals surface area contributed by atoms with Crippen LogP contribution < -0.4 is 10.6 Å². The van der Waals surface area contributed by atoms with Crippen LogP contribution >= 0.6 is 24.0 Å². The van der Waals surface area contributed by atoms with Gasteiger partial charge in [-0.2, -0.15) is 0 Å². The predicted octanol–water partition coefficient (Wildman–Crippen LogP) is 2.12. The Hall–Kier alpha value is -1.31. The lowest BCUT2D eigenvalue weighted by Gasteiger charge is -2.13. The second-order valence-electron chi connectivity index (χ2n) is 5.97. The molecule has 1 aliphatic rings. The molecule has 0 heterocycles. The van der Waals surface area contributed by atoms with Gasteiger partial charge in [0.15, 0.2) is 5.96 Å². The van der Waals surface area contributed by atoms with Gasteiger partial charge in [0, 0.05) is 39.8 Å². The first-order valence-electron chi connectivity index (χ1n) is 7.85. The third-order valence-electron chi connectivity index (χ3n) is 3.76. The number of hydrogen-bond acceptors (Lipinski definition) is 2. The first-order chi connectivity index (χ1) is 10.6. The van der Waals surface area contributed by atoms with Gasteiger partial charge in [-0.05, 0) is 42.9 Å². The molecule has 0 unspecified atom stereocenters. The standard InChI is InChI=1S/C17H26N4O.HI/c1-18-17(20-12-14-7-8-14)19-10-9-13-5-4-6-15(11-13)16(22)21(2)3;/h4-6,11,14H,7-10,12H2,1-3H3,(H2,18,19,20);1H. The number of nitrogens with zero attached hydrogens (tertiary/aromatic N) is 2. The third kappa shape index (κ3) is 6.76. The van der Waals surface area contributed by atoms with E-state index in [2.05, 4.69) is 21.7 Å².